The summed E-state index contributed by atoms with van der Waals surface area (Å²) in [5.41, 5.74) is 0. The number of carbonyl (C=O) groups is 1. The highest BCUT2D eigenvalue weighted by Crippen LogP contribution is 2.19. The number of ether oxygens (including phenoxy) is 4. The second-order valence-corrected chi connectivity index (χ2v) is 24.9. The number of aliphatic hydroxyl groups is 2. The Morgan fingerprint density at radius 3 is 0.881 bits per heavy atom. The van der Waals surface area contributed by atoms with E-state index in [1.807, 2.05) is 0 Å². The van der Waals surface area contributed by atoms with Gasteiger partial charge in [0.05, 0.1) is 25.4 Å². The maximum atomic E-state index is 13.6. The molecule has 84 heavy (non-hydrogen) atoms. The molecule has 0 saturated heterocycles. The number of hydrogen-bond acceptors (Lipinski definition) is 7. The van der Waals surface area contributed by atoms with Crippen molar-refractivity contribution < 1.29 is 34.0 Å². The van der Waals surface area contributed by atoms with Crippen molar-refractivity contribution >= 4 is 6.16 Å². The van der Waals surface area contributed by atoms with E-state index in [9.17, 15) is 15.0 Å². The molecule has 4 atom stereocenters. The fourth-order valence-corrected chi connectivity index (χ4v) is 10.7. The third-order valence-electron chi connectivity index (χ3n) is 16.3. The Balaban J connectivity index is 5.13. The normalized spacial score (nSPS) is 13.8. The zero-order valence-electron chi connectivity index (χ0n) is 56.3. The average molecular weight is 1180 g/mol. The molecule has 0 spiro atoms. The second kappa shape index (κ2) is 71.3. The van der Waals surface area contributed by atoms with Crippen LogP contribution in [0.25, 0.3) is 0 Å². The van der Waals surface area contributed by atoms with Gasteiger partial charge < -0.3 is 29.2 Å². The smallest absolute Gasteiger partial charge is 0.429 e. The fourth-order valence-electron chi connectivity index (χ4n) is 10.7. The Morgan fingerprint density at radius 2 is 0.548 bits per heavy atom. The maximum Gasteiger partial charge on any atom is 0.508 e. The molecule has 0 heterocycles. The van der Waals surface area contributed by atoms with Crippen molar-refractivity contribution in [2.75, 3.05) is 26.4 Å². The largest absolute Gasteiger partial charge is 0.508 e. The number of carbonyl (C=O) groups excluding carboxylic acids is 1. The molecular weight excluding hydrogens is 1040 g/mol. The molecule has 0 rings (SSSR count). The third-order valence-corrected chi connectivity index (χ3v) is 16.3. The van der Waals surface area contributed by atoms with E-state index in [0.717, 1.165) is 116 Å². The van der Waals surface area contributed by atoms with Gasteiger partial charge in [0.1, 0.15) is 12.2 Å². The summed E-state index contributed by atoms with van der Waals surface area (Å²) in [5.74, 6) is 0. The maximum absolute atomic E-state index is 13.6. The van der Waals surface area contributed by atoms with Crippen LogP contribution in [0, 0.1) is 0 Å². The minimum absolute atomic E-state index is 0.198. The molecule has 0 saturated carbocycles. The van der Waals surface area contributed by atoms with Crippen molar-refractivity contribution in [1.29, 1.82) is 0 Å². The van der Waals surface area contributed by atoms with Crippen LogP contribution in [0.5, 0.6) is 0 Å². The van der Waals surface area contributed by atoms with E-state index >= 15 is 0 Å². The lowest BCUT2D eigenvalue weighted by atomic mass is 10.0. The van der Waals surface area contributed by atoms with Crippen LogP contribution in [0.3, 0.4) is 0 Å². The molecular formula is C77H142O7. The van der Waals surface area contributed by atoms with Gasteiger partial charge in [-0.05, 0) is 154 Å². The zero-order valence-corrected chi connectivity index (χ0v) is 56.3. The van der Waals surface area contributed by atoms with Crippen LogP contribution in [-0.2, 0) is 18.9 Å². The number of aliphatic hydroxyl groups excluding tert-OH is 2. The van der Waals surface area contributed by atoms with Gasteiger partial charge in [0.15, 0.2) is 0 Å². The Bertz CT molecular complexity index is 1360. The Morgan fingerprint density at radius 1 is 0.298 bits per heavy atom. The molecule has 2 unspecified atom stereocenters. The van der Waals surface area contributed by atoms with E-state index in [0.29, 0.717) is 26.4 Å². The quantitative estimate of drug-likeness (QED) is 0.0356. The van der Waals surface area contributed by atoms with Gasteiger partial charge in [-0.2, -0.15) is 0 Å². The minimum Gasteiger partial charge on any atom is -0.429 e. The molecule has 2 N–H and O–H groups in total. The van der Waals surface area contributed by atoms with E-state index in [2.05, 4.69) is 101 Å². The fraction of sp³-hybridized carbons (Fsp3) is 0.831. The molecule has 0 fully saturated rings. The van der Waals surface area contributed by atoms with Gasteiger partial charge in [-0.3, -0.25) is 0 Å². The van der Waals surface area contributed by atoms with Crippen LogP contribution in [-0.4, -0.2) is 67.2 Å². The highest BCUT2D eigenvalue weighted by molar-refractivity contribution is 5.60. The number of allylic oxidation sites excluding steroid dienone is 10. The zero-order chi connectivity index (χ0) is 60.8. The molecule has 0 aromatic rings. The lowest BCUT2D eigenvalue weighted by Crippen LogP contribution is -2.29. The van der Waals surface area contributed by atoms with Crippen LogP contribution in [0.4, 0.5) is 4.79 Å². The van der Waals surface area contributed by atoms with Crippen molar-refractivity contribution in [3.05, 3.63) is 72.9 Å². The summed E-state index contributed by atoms with van der Waals surface area (Å²) < 4.78 is 24.7. The molecule has 0 aromatic heterocycles. The van der Waals surface area contributed by atoms with Crippen molar-refractivity contribution in [2.45, 2.75) is 386 Å². The van der Waals surface area contributed by atoms with Crippen LogP contribution >= 0.6 is 0 Å². The number of hydrogen-bond donors (Lipinski definition) is 2. The van der Waals surface area contributed by atoms with Gasteiger partial charge in [0.2, 0.25) is 0 Å². The first-order valence-electron chi connectivity index (χ1n) is 36.7. The van der Waals surface area contributed by atoms with Gasteiger partial charge in [0.25, 0.3) is 0 Å². The molecule has 0 aromatic carbocycles. The summed E-state index contributed by atoms with van der Waals surface area (Å²) in [7, 11) is 0. The summed E-state index contributed by atoms with van der Waals surface area (Å²) >= 11 is 0. The number of unbranched alkanes of at least 4 members (excludes halogenated alkanes) is 36. The van der Waals surface area contributed by atoms with Crippen molar-refractivity contribution in [3.63, 3.8) is 0 Å². The van der Waals surface area contributed by atoms with Crippen molar-refractivity contribution in [2.24, 2.45) is 0 Å². The molecule has 492 valence electrons. The van der Waals surface area contributed by atoms with Crippen molar-refractivity contribution in [1.82, 2.24) is 0 Å². The summed E-state index contributed by atoms with van der Waals surface area (Å²) in [6.45, 7) is 11.2. The van der Waals surface area contributed by atoms with E-state index in [1.165, 1.54) is 218 Å². The standard InChI is InChI=1S/C77H142O7/c1-5-9-13-17-19-21-23-25-27-29-31-33-41-47-53-61-69-81-71-75(67-59-51-45-39-35-37-43-49-57-65-73(78)63-55-15-11-7-3)83-77(80)84-76(68-60-52-46-40-36-38-44-50-58-66-74(79)64-56-16-12-8-4)72-82-70-62-54-48-42-34-32-30-28-26-24-22-20-18-14-10-6-2/h19-22,25-28,49-50,57-58,73-76,78-79H,5-18,23-24,29-48,51-56,59-72H2,1-4H3/b21-19-,22-20-,27-25-,28-26-,57-49-,58-50-/t73-,74-,75?,76?/m1/s1. The van der Waals surface area contributed by atoms with Gasteiger partial charge in [-0.15, -0.1) is 0 Å². The summed E-state index contributed by atoms with van der Waals surface area (Å²) in [6, 6.07) is 0. The third kappa shape index (κ3) is 67.1. The average Bonchev–Trinajstić information content (AvgIpc) is 3.49. The van der Waals surface area contributed by atoms with Crippen LogP contribution < -0.4 is 0 Å². The minimum atomic E-state index is -0.575. The van der Waals surface area contributed by atoms with Crippen LogP contribution in [0.15, 0.2) is 72.9 Å². The first kappa shape index (κ1) is 81.5. The lowest BCUT2D eigenvalue weighted by Gasteiger charge is -2.22. The molecule has 0 aliphatic rings. The van der Waals surface area contributed by atoms with Crippen molar-refractivity contribution in [3.8, 4) is 0 Å². The highest BCUT2D eigenvalue weighted by atomic mass is 16.7. The summed E-state index contributed by atoms with van der Waals surface area (Å²) in [6.07, 6.45) is 85.9. The monoisotopic (exact) mass is 1180 g/mol. The Hall–Kier alpha value is -2.45. The molecule has 0 aliphatic heterocycles. The Labute approximate surface area is 523 Å². The van der Waals surface area contributed by atoms with E-state index < -0.39 is 6.16 Å². The highest BCUT2D eigenvalue weighted by Gasteiger charge is 2.21. The lowest BCUT2D eigenvalue weighted by molar-refractivity contribution is -0.0527. The van der Waals surface area contributed by atoms with E-state index in [4.69, 9.17) is 18.9 Å². The summed E-state index contributed by atoms with van der Waals surface area (Å²) in [5, 5.41) is 20.6. The van der Waals surface area contributed by atoms with E-state index in [1.54, 1.807) is 0 Å². The van der Waals surface area contributed by atoms with Crippen LogP contribution in [0.2, 0.25) is 0 Å². The van der Waals surface area contributed by atoms with E-state index in [-0.39, 0.29) is 24.4 Å². The van der Waals surface area contributed by atoms with Gasteiger partial charge in [-0.25, -0.2) is 4.79 Å². The Kier molecular flexibility index (Phi) is 69.2. The first-order valence-corrected chi connectivity index (χ1v) is 36.7. The molecule has 0 amide bonds. The summed E-state index contributed by atoms with van der Waals surface area (Å²) in [4.78, 5) is 13.6. The first-order chi connectivity index (χ1) is 41.5. The SMILES string of the molecule is CCCCC/C=C\C/C=C\CCCCCCCCOCC(CCCCCCCC/C=C\C[C@H](O)CCCCCC)OC(=O)OC(CCCCCCCC/C=C\C[C@H](O)CCCCCC)COCCCCCCCC/C=C\C/C=C\CCCCC. The van der Waals surface area contributed by atoms with Gasteiger partial charge in [-0.1, -0.05) is 280 Å². The topological polar surface area (TPSA) is 94.5 Å². The second-order valence-electron chi connectivity index (χ2n) is 24.9. The van der Waals surface area contributed by atoms with Crippen LogP contribution in [0.1, 0.15) is 362 Å². The number of rotatable bonds is 68. The molecule has 0 bridgehead atoms. The molecule has 0 radical (unpaired) electrons. The predicted octanol–water partition coefficient (Wildman–Crippen LogP) is 24.3. The molecule has 0 aliphatic carbocycles. The molecule has 7 nitrogen and oxygen atoms in total. The van der Waals surface area contributed by atoms with Gasteiger partial charge >= 0.3 is 6.16 Å². The van der Waals surface area contributed by atoms with Gasteiger partial charge in [0, 0.05) is 13.2 Å². The molecule has 7 heteroatoms. The predicted molar refractivity (Wildman–Crippen MR) is 366 cm³/mol.